The number of nitrogen functional groups attached to an aromatic ring is 1. The van der Waals surface area contributed by atoms with E-state index < -0.39 is 12.0 Å². The number of alkyl halides is 3. The van der Waals surface area contributed by atoms with Crippen LogP contribution in [0.5, 0.6) is 0 Å². The summed E-state index contributed by atoms with van der Waals surface area (Å²) < 4.78 is 47.8. The fourth-order valence-corrected chi connectivity index (χ4v) is 1.49. The summed E-state index contributed by atoms with van der Waals surface area (Å²) >= 11 is 0. The molecule has 6 nitrogen and oxygen atoms in total. The standard InChI is InChI=1S/C11H17F3N4O2/c1-19-5-3-18(4-6-20-2)9-7-8(15)16-10(17-9)11(12,13)14/h7H,3-6H2,1-2H3,(H2,15,16,17). The first-order valence-corrected chi connectivity index (χ1v) is 5.83. The monoisotopic (exact) mass is 294 g/mol. The lowest BCUT2D eigenvalue weighted by atomic mass is 10.4. The van der Waals surface area contributed by atoms with E-state index in [-0.39, 0.29) is 11.6 Å². The third kappa shape index (κ3) is 4.82. The van der Waals surface area contributed by atoms with E-state index in [1.165, 1.54) is 20.3 Å². The number of nitrogens with zero attached hydrogens (tertiary/aromatic N) is 3. The molecule has 0 aliphatic carbocycles. The summed E-state index contributed by atoms with van der Waals surface area (Å²) in [6.45, 7) is 1.42. The van der Waals surface area contributed by atoms with E-state index in [1.54, 1.807) is 4.90 Å². The average Bonchev–Trinajstić information content (AvgIpc) is 2.37. The van der Waals surface area contributed by atoms with Crippen molar-refractivity contribution in [3.8, 4) is 0 Å². The van der Waals surface area contributed by atoms with E-state index in [2.05, 4.69) is 9.97 Å². The third-order valence-corrected chi connectivity index (χ3v) is 2.44. The molecule has 0 saturated carbocycles. The molecular formula is C11H17F3N4O2. The Morgan fingerprint density at radius 2 is 1.70 bits per heavy atom. The topological polar surface area (TPSA) is 73.5 Å². The molecule has 0 bridgehead atoms. The van der Waals surface area contributed by atoms with Crippen molar-refractivity contribution in [2.75, 3.05) is 51.2 Å². The van der Waals surface area contributed by atoms with Crippen molar-refractivity contribution in [3.05, 3.63) is 11.9 Å². The van der Waals surface area contributed by atoms with Crippen molar-refractivity contribution in [1.82, 2.24) is 9.97 Å². The number of hydrogen-bond donors (Lipinski definition) is 1. The lowest BCUT2D eigenvalue weighted by Gasteiger charge is -2.23. The molecule has 9 heteroatoms. The minimum absolute atomic E-state index is 0.0962. The normalized spacial score (nSPS) is 11.7. The molecular weight excluding hydrogens is 277 g/mol. The molecule has 114 valence electrons. The van der Waals surface area contributed by atoms with Gasteiger partial charge in [0, 0.05) is 33.4 Å². The van der Waals surface area contributed by atoms with Crippen molar-refractivity contribution in [3.63, 3.8) is 0 Å². The Hall–Kier alpha value is -1.61. The van der Waals surface area contributed by atoms with Gasteiger partial charge >= 0.3 is 6.18 Å². The molecule has 0 radical (unpaired) electrons. The number of ether oxygens (including phenoxy) is 2. The van der Waals surface area contributed by atoms with Crippen LogP contribution in [0.25, 0.3) is 0 Å². The summed E-state index contributed by atoms with van der Waals surface area (Å²) in [5.74, 6) is -1.39. The van der Waals surface area contributed by atoms with Gasteiger partial charge in [0.1, 0.15) is 11.6 Å². The van der Waals surface area contributed by atoms with Crippen molar-refractivity contribution < 1.29 is 22.6 Å². The number of hydrogen-bond acceptors (Lipinski definition) is 6. The zero-order valence-corrected chi connectivity index (χ0v) is 11.3. The Labute approximate surface area is 114 Å². The van der Waals surface area contributed by atoms with Gasteiger partial charge in [-0.3, -0.25) is 0 Å². The second-order valence-electron chi connectivity index (χ2n) is 3.95. The van der Waals surface area contributed by atoms with Crippen LogP contribution >= 0.6 is 0 Å². The summed E-state index contributed by atoms with van der Waals surface area (Å²) in [7, 11) is 3.01. The maximum atomic E-state index is 12.7. The molecule has 0 aliphatic heterocycles. The van der Waals surface area contributed by atoms with Crippen LogP contribution in [0.3, 0.4) is 0 Å². The van der Waals surface area contributed by atoms with Crippen LogP contribution in [0.15, 0.2) is 6.07 Å². The fraction of sp³-hybridized carbons (Fsp3) is 0.636. The molecule has 0 aromatic carbocycles. The first-order valence-electron chi connectivity index (χ1n) is 5.83. The highest BCUT2D eigenvalue weighted by Crippen LogP contribution is 2.28. The molecule has 0 unspecified atom stereocenters. The van der Waals surface area contributed by atoms with Gasteiger partial charge in [0.15, 0.2) is 0 Å². The molecule has 1 rings (SSSR count). The van der Waals surface area contributed by atoms with Crippen molar-refractivity contribution in [1.29, 1.82) is 0 Å². The van der Waals surface area contributed by atoms with Crippen LogP contribution in [-0.2, 0) is 15.7 Å². The largest absolute Gasteiger partial charge is 0.451 e. The highest BCUT2D eigenvalue weighted by atomic mass is 19.4. The number of halogens is 3. The van der Waals surface area contributed by atoms with Gasteiger partial charge in [-0.15, -0.1) is 0 Å². The minimum Gasteiger partial charge on any atom is -0.384 e. The molecule has 0 saturated heterocycles. The molecule has 2 N–H and O–H groups in total. The highest BCUT2D eigenvalue weighted by molar-refractivity contribution is 5.47. The van der Waals surface area contributed by atoms with Gasteiger partial charge in [0.2, 0.25) is 5.82 Å². The van der Waals surface area contributed by atoms with Crippen LogP contribution in [0, 0.1) is 0 Å². The van der Waals surface area contributed by atoms with Crippen LogP contribution in [0.1, 0.15) is 5.82 Å². The van der Waals surface area contributed by atoms with Gasteiger partial charge in [0.05, 0.1) is 13.2 Å². The average molecular weight is 294 g/mol. The SMILES string of the molecule is COCCN(CCOC)c1cc(N)nc(C(F)(F)F)n1. The Morgan fingerprint density at radius 1 is 1.15 bits per heavy atom. The van der Waals surface area contributed by atoms with E-state index in [0.29, 0.717) is 26.3 Å². The molecule has 0 spiro atoms. The first-order chi connectivity index (χ1) is 9.38. The second kappa shape index (κ2) is 7.25. The molecule has 0 aliphatic rings. The summed E-state index contributed by atoms with van der Waals surface area (Å²) in [5, 5.41) is 0. The zero-order chi connectivity index (χ0) is 15.2. The molecule has 0 fully saturated rings. The molecule has 1 aromatic rings. The van der Waals surface area contributed by atoms with Crippen molar-refractivity contribution >= 4 is 11.6 Å². The minimum atomic E-state index is -4.64. The Bertz CT molecular complexity index is 421. The lowest BCUT2D eigenvalue weighted by molar-refractivity contribution is -0.144. The molecule has 0 atom stereocenters. The predicted octanol–water partition coefficient (Wildman–Crippen LogP) is 1.18. The van der Waals surface area contributed by atoms with E-state index in [0.717, 1.165) is 0 Å². The fourth-order valence-electron chi connectivity index (χ4n) is 1.49. The summed E-state index contributed by atoms with van der Waals surface area (Å²) in [4.78, 5) is 8.31. The third-order valence-electron chi connectivity index (χ3n) is 2.44. The number of nitrogens with two attached hydrogens (primary N) is 1. The highest BCUT2D eigenvalue weighted by Gasteiger charge is 2.35. The molecule has 1 aromatic heterocycles. The van der Waals surface area contributed by atoms with Crippen LogP contribution in [-0.4, -0.2) is 50.5 Å². The summed E-state index contributed by atoms with van der Waals surface area (Å²) in [6.07, 6.45) is -4.64. The van der Waals surface area contributed by atoms with Gasteiger partial charge in [0.25, 0.3) is 0 Å². The van der Waals surface area contributed by atoms with Crippen LogP contribution < -0.4 is 10.6 Å². The maximum absolute atomic E-state index is 12.7. The Balaban J connectivity index is 3.02. The zero-order valence-electron chi connectivity index (χ0n) is 11.3. The number of aromatic nitrogens is 2. The van der Waals surface area contributed by atoms with Gasteiger partial charge in [-0.25, -0.2) is 9.97 Å². The van der Waals surface area contributed by atoms with Crippen molar-refractivity contribution in [2.45, 2.75) is 6.18 Å². The quantitative estimate of drug-likeness (QED) is 0.814. The molecule has 20 heavy (non-hydrogen) atoms. The number of rotatable bonds is 7. The number of methoxy groups -OCH3 is 2. The van der Waals surface area contributed by atoms with Crippen LogP contribution in [0.4, 0.5) is 24.8 Å². The van der Waals surface area contributed by atoms with E-state index in [4.69, 9.17) is 15.2 Å². The smallest absolute Gasteiger partial charge is 0.384 e. The Morgan fingerprint density at radius 3 is 2.15 bits per heavy atom. The van der Waals surface area contributed by atoms with Gasteiger partial charge in [-0.2, -0.15) is 13.2 Å². The van der Waals surface area contributed by atoms with Crippen molar-refractivity contribution in [2.24, 2.45) is 0 Å². The predicted molar refractivity (Wildman–Crippen MR) is 67.4 cm³/mol. The summed E-state index contributed by atoms with van der Waals surface area (Å²) in [6, 6.07) is 1.29. The van der Waals surface area contributed by atoms with Gasteiger partial charge in [-0.05, 0) is 0 Å². The van der Waals surface area contributed by atoms with Gasteiger partial charge in [-0.1, -0.05) is 0 Å². The number of anilines is 2. The first kappa shape index (κ1) is 16.4. The molecule has 1 heterocycles. The maximum Gasteiger partial charge on any atom is 0.451 e. The molecule has 0 amide bonds. The van der Waals surface area contributed by atoms with E-state index in [9.17, 15) is 13.2 Å². The van der Waals surface area contributed by atoms with Crippen LogP contribution in [0.2, 0.25) is 0 Å². The summed E-state index contributed by atoms with van der Waals surface area (Å²) in [5.41, 5.74) is 5.41. The lowest BCUT2D eigenvalue weighted by Crippen LogP contribution is -2.32. The van der Waals surface area contributed by atoms with E-state index >= 15 is 0 Å². The van der Waals surface area contributed by atoms with Gasteiger partial charge < -0.3 is 20.1 Å². The second-order valence-corrected chi connectivity index (χ2v) is 3.95. The van der Waals surface area contributed by atoms with E-state index in [1.807, 2.05) is 0 Å². The Kier molecular flexibility index (Phi) is 5.96.